The summed E-state index contributed by atoms with van der Waals surface area (Å²) in [6.45, 7) is -0.0157. The predicted molar refractivity (Wildman–Crippen MR) is 64.2 cm³/mol. The van der Waals surface area contributed by atoms with Crippen LogP contribution in [0.5, 0.6) is 0 Å². The van der Waals surface area contributed by atoms with Gasteiger partial charge in [-0.15, -0.1) is 0 Å². The standard InChI is InChI=1S/C10H11BrN4O/c1-15(2)9-8(5-7(11)6-14-9)10(16)13-4-3-12/h5-6H,4H2,1-2H3,(H,13,16). The van der Waals surface area contributed by atoms with Crippen LogP contribution in [-0.4, -0.2) is 31.5 Å². The van der Waals surface area contributed by atoms with Crippen LogP contribution in [-0.2, 0) is 0 Å². The van der Waals surface area contributed by atoms with E-state index in [1.54, 1.807) is 31.3 Å². The highest BCUT2D eigenvalue weighted by atomic mass is 79.9. The number of anilines is 1. The van der Waals surface area contributed by atoms with Crippen LogP contribution in [0.4, 0.5) is 5.82 Å². The van der Waals surface area contributed by atoms with Crippen molar-refractivity contribution in [1.29, 1.82) is 5.26 Å². The number of carbonyl (C=O) groups is 1. The molecule has 84 valence electrons. The van der Waals surface area contributed by atoms with Crippen molar-refractivity contribution in [1.82, 2.24) is 10.3 Å². The molecule has 0 atom stereocenters. The van der Waals surface area contributed by atoms with Crippen molar-refractivity contribution in [3.05, 3.63) is 22.3 Å². The van der Waals surface area contributed by atoms with Gasteiger partial charge < -0.3 is 10.2 Å². The van der Waals surface area contributed by atoms with Crippen molar-refractivity contribution in [2.45, 2.75) is 0 Å². The molecule has 0 fully saturated rings. The highest BCUT2D eigenvalue weighted by Gasteiger charge is 2.14. The quantitative estimate of drug-likeness (QED) is 0.845. The Hall–Kier alpha value is -1.61. The summed E-state index contributed by atoms with van der Waals surface area (Å²) in [4.78, 5) is 17.6. The summed E-state index contributed by atoms with van der Waals surface area (Å²) in [5, 5.41) is 10.9. The zero-order valence-electron chi connectivity index (χ0n) is 8.99. The Kier molecular flexibility index (Phi) is 4.26. The molecule has 0 radical (unpaired) electrons. The number of hydrogen-bond acceptors (Lipinski definition) is 4. The number of nitrogens with zero attached hydrogens (tertiary/aromatic N) is 3. The SMILES string of the molecule is CN(C)c1ncc(Br)cc1C(=O)NCC#N. The van der Waals surface area contributed by atoms with Gasteiger partial charge in [-0.05, 0) is 22.0 Å². The average molecular weight is 283 g/mol. The van der Waals surface area contributed by atoms with Crippen LogP contribution >= 0.6 is 15.9 Å². The number of nitrogens with one attached hydrogen (secondary N) is 1. The van der Waals surface area contributed by atoms with Crippen molar-refractivity contribution in [2.24, 2.45) is 0 Å². The molecule has 0 saturated heterocycles. The van der Waals surface area contributed by atoms with Crippen LogP contribution in [0, 0.1) is 11.3 Å². The molecule has 0 aliphatic carbocycles. The minimum Gasteiger partial charge on any atom is -0.362 e. The van der Waals surface area contributed by atoms with Gasteiger partial charge in [0, 0.05) is 24.8 Å². The van der Waals surface area contributed by atoms with E-state index in [1.165, 1.54) is 0 Å². The third-order valence-electron chi connectivity index (χ3n) is 1.83. The first-order valence-electron chi connectivity index (χ1n) is 4.54. The van der Waals surface area contributed by atoms with Crippen molar-refractivity contribution >= 4 is 27.7 Å². The second-order valence-corrected chi connectivity index (χ2v) is 4.18. The molecule has 0 spiro atoms. The Morgan fingerprint density at radius 2 is 2.38 bits per heavy atom. The lowest BCUT2D eigenvalue weighted by Gasteiger charge is -2.15. The summed E-state index contributed by atoms with van der Waals surface area (Å²) in [7, 11) is 3.61. The summed E-state index contributed by atoms with van der Waals surface area (Å²) in [6.07, 6.45) is 1.62. The van der Waals surface area contributed by atoms with Gasteiger partial charge in [0.1, 0.15) is 12.4 Å². The van der Waals surface area contributed by atoms with E-state index < -0.39 is 0 Å². The van der Waals surface area contributed by atoms with E-state index >= 15 is 0 Å². The fourth-order valence-electron chi connectivity index (χ4n) is 1.17. The third kappa shape index (κ3) is 2.94. The lowest BCUT2D eigenvalue weighted by atomic mass is 10.2. The normalized spacial score (nSPS) is 9.38. The van der Waals surface area contributed by atoms with Gasteiger partial charge in [0.2, 0.25) is 0 Å². The maximum Gasteiger partial charge on any atom is 0.255 e. The smallest absolute Gasteiger partial charge is 0.255 e. The highest BCUT2D eigenvalue weighted by molar-refractivity contribution is 9.10. The van der Waals surface area contributed by atoms with Gasteiger partial charge in [-0.2, -0.15) is 5.26 Å². The third-order valence-corrected chi connectivity index (χ3v) is 2.26. The molecule has 1 aromatic heterocycles. The molecular formula is C10H11BrN4O. The fourth-order valence-corrected chi connectivity index (χ4v) is 1.50. The maximum absolute atomic E-state index is 11.7. The lowest BCUT2D eigenvalue weighted by molar-refractivity contribution is 0.0958. The molecule has 1 amide bonds. The molecule has 1 rings (SSSR count). The molecule has 16 heavy (non-hydrogen) atoms. The van der Waals surface area contributed by atoms with Gasteiger partial charge in [-0.1, -0.05) is 0 Å². The van der Waals surface area contributed by atoms with Crippen molar-refractivity contribution in [3.8, 4) is 6.07 Å². The van der Waals surface area contributed by atoms with E-state index in [-0.39, 0.29) is 12.5 Å². The van der Waals surface area contributed by atoms with Gasteiger partial charge in [0.05, 0.1) is 11.6 Å². The number of rotatable bonds is 3. The number of aromatic nitrogens is 1. The van der Waals surface area contributed by atoms with Gasteiger partial charge in [-0.25, -0.2) is 4.98 Å². The van der Waals surface area contributed by atoms with Crippen LogP contribution in [0.15, 0.2) is 16.7 Å². The number of nitriles is 1. The Morgan fingerprint density at radius 3 is 2.94 bits per heavy atom. The number of carbonyl (C=O) groups excluding carboxylic acids is 1. The first-order chi connectivity index (χ1) is 7.56. The van der Waals surface area contributed by atoms with Gasteiger partial charge >= 0.3 is 0 Å². The molecule has 0 aliphatic heterocycles. The molecular weight excluding hydrogens is 272 g/mol. The second-order valence-electron chi connectivity index (χ2n) is 3.26. The second kappa shape index (κ2) is 5.47. The number of amides is 1. The minimum atomic E-state index is -0.306. The van der Waals surface area contributed by atoms with Gasteiger partial charge in [0.15, 0.2) is 0 Å². The Morgan fingerprint density at radius 1 is 1.69 bits per heavy atom. The molecule has 6 heteroatoms. The van der Waals surface area contributed by atoms with E-state index in [4.69, 9.17) is 5.26 Å². The van der Waals surface area contributed by atoms with E-state index in [2.05, 4.69) is 26.2 Å². The van der Waals surface area contributed by atoms with Crippen molar-refractivity contribution in [2.75, 3.05) is 25.5 Å². The van der Waals surface area contributed by atoms with Crippen LogP contribution in [0.1, 0.15) is 10.4 Å². The zero-order valence-corrected chi connectivity index (χ0v) is 10.6. The van der Waals surface area contributed by atoms with E-state index in [0.29, 0.717) is 11.4 Å². The summed E-state index contributed by atoms with van der Waals surface area (Å²) < 4.78 is 0.722. The summed E-state index contributed by atoms with van der Waals surface area (Å²) in [5.74, 6) is 0.262. The summed E-state index contributed by atoms with van der Waals surface area (Å²) >= 11 is 3.26. The first kappa shape index (κ1) is 12.5. The van der Waals surface area contributed by atoms with Crippen LogP contribution < -0.4 is 10.2 Å². The monoisotopic (exact) mass is 282 g/mol. The summed E-state index contributed by atoms with van der Waals surface area (Å²) in [5.41, 5.74) is 0.439. The first-order valence-corrected chi connectivity index (χ1v) is 5.33. The van der Waals surface area contributed by atoms with Gasteiger partial charge in [-0.3, -0.25) is 4.79 Å². The van der Waals surface area contributed by atoms with Gasteiger partial charge in [0.25, 0.3) is 5.91 Å². The number of halogens is 1. The number of pyridine rings is 1. The molecule has 0 unspecified atom stereocenters. The molecule has 0 aromatic carbocycles. The number of hydrogen-bond donors (Lipinski definition) is 1. The van der Waals surface area contributed by atoms with Crippen LogP contribution in [0.2, 0.25) is 0 Å². The topological polar surface area (TPSA) is 69.0 Å². The molecule has 1 N–H and O–H groups in total. The molecule has 0 saturated carbocycles. The lowest BCUT2D eigenvalue weighted by Crippen LogP contribution is -2.26. The Labute approximate surface area is 102 Å². The highest BCUT2D eigenvalue weighted by Crippen LogP contribution is 2.19. The zero-order chi connectivity index (χ0) is 12.1. The molecule has 5 nitrogen and oxygen atoms in total. The molecule has 0 aliphatic rings. The predicted octanol–water partition coefficient (Wildman–Crippen LogP) is 1.16. The Balaban J connectivity index is 3.05. The van der Waals surface area contributed by atoms with Crippen molar-refractivity contribution < 1.29 is 4.79 Å². The largest absolute Gasteiger partial charge is 0.362 e. The minimum absolute atomic E-state index is 0.0157. The maximum atomic E-state index is 11.7. The fraction of sp³-hybridized carbons (Fsp3) is 0.300. The summed E-state index contributed by atoms with van der Waals surface area (Å²) in [6, 6.07) is 3.53. The average Bonchev–Trinajstić information content (AvgIpc) is 2.25. The Bertz CT molecular complexity index is 439. The van der Waals surface area contributed by atoms with Crippen molar-refractivity contribution in [3.63, 3.8) is 0 Å². The van der Waals surface area contributed by atoms with E-state index in [0.717, 1.165) is 4.47 Å². The molecule has 1 heterocycles. The van der Waals surface area contributed by atoms with E-state index in [9.17, 15) is 4.79 Å². The molecule has 0 bridgehead atoms. The van der Waals surface area contributed by atoms with Crippen LogP contribution in [0.3, 0.4) is 0 Å². The molecule has 1 aromatic rings. The van der Waals surface area contributed by atoms with E-state index in [1.807, 2.05) is 6.07 Å². The van der Waals surface area contributed by atoms with Crippen LogP contribution in [0.25, 0.3) is 0 Å².